The fourth-order valence-electron chi connectivity index (χ4n) is 2.60. The molecule has 2 unspecified atom stereocenters. The van der Waals surface area contributed by atoms with Gasteiger partial charge < -0.3 is 10.6 Å². The van der Waals surface area contributed by atoms with E-state index in [1.807, 2.05) is 11.8 Å². The number of aromatic nitrogens is 1. The van der Waals surface area contributed by atoms with Crippen LogP contribution in [-0.4, -0.2) is 22.6 Å². The van der Waals surface area contributed by atoms with Crippen molar-refractivity contribution in [2.75, 3.05) is 11.4 Å². The van der Waals surface area contributed by atoms with E-state index in [-0.39, 0.29) is 16.8 Å². The first-order chi connectivity index (χ1) is 9.70. The Bertz CT molecular complexity index is 545. The molecule has 0 saturated carbocycles. The van der Waals surface area contributed by atoms with Crippen molar-refractivity contribution in [2.45, 2.75) is 38.9 Å². The van der Waals surface area contributed by atoms with Crippen molar-refractivity contribution in [3.63, 3.8) is 0 Å². The number of hydrogen-bond donors (Lipinski definition) is 1. The number of alkyl halides is 3. The standard InChI is InChI=1S/C14H18F3N3S/c1-8-3-4-9(2)20(7-8)13-10(12(18)21)5-6-11(19-13)14(15,16)17/h5-6,8-9H,3-4,7H2,1-2H3,(H2,18,21). The Labute approximate surface area is 127 Å². The molecule has 2 N–H and O–H groups in total. The van der Waals surface area contributed by atoms with E-state index >= 15 is 0 Å². The van der Waals surface area contributed by atoms with Crippen LogP contribution in [0.15, 0.2) is 12.1 Å². The average molecular weight is 317 g/mol. The summed E-state index contributed by atoms with van der Waals surface area (Å²) in [6, 6.07) is 2.36. The van der Waals surface area contributed by atoms with Gasteiger partial charge in [-0.05, 0) is 37.8 Å². The fourth-order valence-corrected chi connectivity index (χ4v) is 2.76. The van der Waals surface area contributed by atoms with Crippen molar-refractivity contribution in [3.8, 4) is 0 Å². The summed E-state index contributed by atoms with van der Waals surface area (Å²) in [5.74, 6) is 0.646. The van der Waals surface area contributed by atoms with Gasteiger partial charge in [-0.1, -0.05) is 19.1 Å². The van der Waals surface area contributed by atoms with E-state index in [0.29, 0.717) is 18.0 Å². The minimum atomic E-state index is -4.48. The Balaban J connectivity index is 2.50. The Morgan fingerprint density at radius 1 is 1.33 bits per heavy atom. The third kappa shape index (κ3) is 3.45. The minimum absolute atomic E-state index is 0.0663. The largest absolute Gasteiger partial charge is 0.433 e. The lowest BCUT2D eigenvalue weighted by atomic mass is 9.94. The SMILES string of the molecule is CC1CCC(C)N(c2nc(C(F)(F)F)ccc2C(N)=S)C1. The summed E-state index contributed by atoms with van der Waals surface area (Å²) >= 11 is 4.95. The first kappa shape index (κ1) is 16.0. The number of hydrogen-bond acceptors (Lipinski definition) is 3. The van der Waals surface area contributed by atoms with Crippen molar-refractivity contribution < 1.29 is 13.2 Å². The molecular formula is C14H18F3N3S. The topological polar surface area (TPSA) is 42.2 Å². The van der Waals surface area contributed by atoms with Crippen molar-refractivity contribution in [2.24, 2.45) is 11.7 Å². The van der Waals surface area contributed by atoms with Gasteiger partial charge in [-0.25, -0.2) is 4.98 Å². The van der Waals surface area contributed by atoms with Gasteiger partial charge in [0, 0.05) is 12.6 Å². The van der Waals surface area contributed by atoms with Crippen LogP contribution in [0.4, 0.5) is 19.0 Å². The number of piperidine rings is 1. The van der Waals surface area contributed by atoms with Crippen LogP contribution in [0.25, 0.3) is 0 Å². The molecule has 7 heteroatoms. The molecule has 0 radical (unpaired) electrons. The molecule has 1 fully saturated rings. The molecular weight excluding hydrogens is 299 g/mol. The van der Waals surface area contributed by atoms with Crippen molar-refractivity contribution >= 4 is 23.0 Å². The lowest BCUT2D eigenvalue weighted by Gasteiger charge is -2.38. The third-order valence-corrected chi connectivity index (χ3v) is 4.04. The minimum Gasteiger partial charge on any atom is -0.389 e. The number of anilines is 1. The molecule has 0 aliphatic carbocycles. The summed E-state index contributed by atoms with van der Waals surface area (Å²) in [7, 11) is 0. The highest BCUT2D eigenvalue weighted by Crippen LogP contribution is 2.33. The predicted molar refractivity (Wildman–Crippen MR) is 80.3 cm³/mol. The first-order valence-corrected chi connectivity index (χ1v) is 7.25. The number of thiocarbonyl (C=S) groups is 1. The highest BCUT2D eigenvalue weighted by Gasteiger charge is 2.35. The Morgan fingerprint density at radius 2 is 2.00 bits per heavy atom. The second kappa shape index (κ2) is 5.79. The Morgan fingerprint density at radius 3 is 2.57 bits per heavy atom. The summed E-state index contributed by atoms with van der Waals surface area (Å²) < 4.78 is 38.7. The summed E-state index contributed by atoms with van der Waals surface area (Å²) in [5.41, 5.74) is 5.13. The van der Waals surface area contributed by atoms with Crippen molar-refractivity contribution in [1.82, 2.24) is 4.98 Å². The van der Waals surface area contributed by atoms with Crippen LogP contribution in [0.2, 0.25) is 0 Å². The molecule has 1 aliphatic rings. The molecule has 0 amide bonds. The highest BCUT2D eigenvalue weighted by atomic mass is 32.1. The molecule has 2 rings (SSSR count). The van der Waals surface area contributed by atoms with Gasteiger partial charge >= 0.3 is 6.18 Å². The van der Waals surface area contributed by atoms with Crippen LogP contribution >= 0.6 is 12.2 Å². The van der Waals surface area contributed by atoms with Crippen LogP contribution in [0, 0.1) is 5.92 Å². The van der Waals surface area contributed by atoms with Gasteiger partial charge in [0.1, 0.15) is 16.5 Å². The quantitative estimate of drug-likeness (QED) is 0.849. The summed E-state index contributed by atoms with van der Waals surface area (Å²) in [4.78, 5) is 5.76. The van der Waals surface area contributed by atoms with E-state index in [1.165, 1.54) is 6.07 Å². The van der Waals surface area contributed by atoms with Crippen LogP contribution < -0.4 is 10.6 Å². The van der Waals surface area contributed by atoms with Gasteiger partial charge in [-0.2, -0.15) is 13.2 Å². The van der Waals surface area contributed by atoms with Crippen LogP contribution in [-0.2, 0) is 6.18 Å². The number of nitrogens with zero attached hydrogens (tertiary/aromatic N) is 2. The lowest BCUT2D eigenvalue weighted by Crippen LogP contribution is -2.42. The first-order valence-electron chi connectivity index (χ1n) is 6.85. The van der Waals surface area contributed by atoms with Gasteiger partial charge in [0.25, 0.3) is 0 Å². The summed E-state index contributed by atoms with van der Waals surface area (Å²) in [6.45, 7) is 4.72. The van der Waals surface area contributed by atoms with Crippen LogP contribution in [0.3, 0.4) is 0 Å². The second-order valence-electron chi connectivity index (χ2n) is 5.61. The van der Waals surface area contributed by atoms with Crippen LogP contribution in [0.5, 0.6) is 0 Å². The average Bonchev–Trinajstić information content (AvgIpc) is 2.39. The fraction of sp³-hybridized carbons (Fsp3) is 0.571. The predicted octanol–water partition coefficient (Wildman–Crippen LogP) is 3.36. The molecule has 2 atom stereocenters. The van der Waals surface area contributed by atoms with Gasteiger partial charge in [-0.3, -0.25) is 0 Å². The van der Waals surface area contributed by atoms with Gasteiger partial charge in [0.2, 0.25) is 0 Å². The molecule has 21 heavy (non-hydrogen) atoms. The molecule has 1 aromatic heterocycles. The highest BCUT2D eigenvalue weighted by molar-refractivity contribution is 7.80. The van der Waals surface area contributed by atoms with Crippen molar-refractivity contribution in [1.29, 1.82) is 0 Å². The Kier molecular flexibility index (Phi) is 4.41. The molecule has 0 bridgehead atoms. The van der Waals surface area contributed by atoms with E-state index in [2.05, 4.69) is 11.9 Å². The van der Waals surface area contributed by atoms with E-state index in [9.17, 15) is 13.2 Å². The summed E-state index contributed by atoms with van der Waals surface area (Å²) in [5, 5.41) is 0. The zero-order valence-corrected chi connectivity index (χ0v) is 12.8. The Hall–Kier alpha value is -1.37. The number of rotatable bonds is 2. The number of halogens is 3. The molecule has 0 aromatic carbocycles. The maximum Gasteiger partial charge on any atom is 0.433 e. The molecule has 3 nitrogen and oxygen atoms in total. The second-order valence-corrected chi connectivity index (χ2v) is 6.05. The monoisotopic (exact) mass is 317 g/mol. The normalized spacial score (nSPS) is 23.2. The van der Waals surface area contributed by atoms with Gasteiger partial charge in [0.15, 0.2) is 0 Å². The number of pyridine rings is 1. The maximum atomic E-state index is 12.9. The summed E-state index contributed by atoms with van der Waals surface area (Å²) in [6.07, 6.45) is -2.51. The zero-order valence-electron chi connectivity index (χ0n) is 11.9. The molecule has 0 spiro atoms. The molecule has 1 aromatic rings. The molecule has 1 saturated heterocycles. The van der Waals surface area contributed by atoms with E-state index in [1.54, 1.807) is 0 Å². The molecule has 1 aliphatic heterocycles. The van der Waals surface area contributed by atoms with Crippen molar-refractivity contribution in [3.05, 3.63) is 23.4 Å². The maximum absolute atomic E-state index is 12.9. The molecule has 116 valence electrons. The van der Waals surface area contributed by atoms with E-state index in [4.69, 9.17) is 18.0 Å². The number of nitrogens with two attached hydrogens (primary N) is 1. The molecule has 2 heterocycles. The van der Waals surface area contributed by atoms with E-state index in [0.717, 1.165) is 18.9 Å². The smallest absolute Gasteiger partial charge is 0.389 e. The lowest BCUT2D eigenvalue weighted by molar-refractivity contribution is -0.141. The van der Waals surface area contributed by atoms with Crippen LogP contribution in [0.1, 0.15) is 37.9 Å². The van der Waals surface area contributed by atoms with Gasteiger partial charge in [0.05, 0.1) is 5.56 Å². The van der Waals surface area contributed by atoms with E-state index < -0.39 is 11.9 Å². The zero-order chi connectivity index (χ0) is 15.8. The van der Waals surface area contributed by atoms with Gasteiger partial charge in [-0.15, -0.1) is 0 Å². The third-order valence-electron chi connectivity index (χ3n) is 3.82.